The molecular weight excluding hydrogens is 383 g/mol. The molecule has 0 aliphatic carbocycles. The zero-order valence-corrected chi connectivity index (χ0v) is 14.3. The van der Waals surface area contributed by atoms with Crippen molar-refractivity contribution in [2.75, 3.05) is 0 Å². The van der Waals surface area contributed by atoms with Crippen LogP contribution in [-0.4, -0.2) is 20.7 Å². The molecule has 0 amide bonds. The second kappa shape index (κ2) is 7.71. The molecule has 0 fully saturated rings. The number of carbonyl (C=O) groups excluding carboxylic acids is 1. The highest BCUT2D eigenvalue weighted by molar-refractivity contribution is 6.31. The van der Waals surface area contributed by atoms with E-state index in [1.54, 1.807) is 0 Å². The molecule has 0 aliphatic rings. The summed E-state index contributed by atoms with van der Waals surface area (Å²) in [7, 11) is 0. The van der Waals surface area contributed by atoms with Crippen LogP contribution in [0.5, 0.6) is 11.5 Å². The van der Waals surface area contributed by atoms with E-state index in [9.17, 15) is 18.0 Å². The van der Waals surface area contributed by atoms with Crippen LogP contribution in [0.15, 0.2) is 55.1 Å². The van der Waals surface area contributed by atoms with Crippen LogP contribution in [0.4, 0.5) is 13.2 Å². The second-order valence-corrected chi connectivity index (χ2v) is 5.90. The van der Waals surface area contributed by atoms with Gasteiger partial charge >= 0.3 is 6.18 Å². The van der Waals surface area contributed by atoms with Gasteiger partial charge in [-0.05, 0) is 30.3 Å². The summed E-state index contributed by atoms with van der Waals surface area (Å²) in [5, 5.41) is 0.240. The number of pyridine rings is 1. The van der Waals surface area contributed by atoms with Gasteiger partial charge in [-0.1, -0.05) is 17.7 Å². The van der Waals surface area contributed by atoms with Gasteiger partial charge in [-0.25, -0.2) is 15.0 Å². The summed E-state index contributed by atoms with van der Waals surface area (Å²) in [6, 6.07) is 7.76. The Morgan fingerprint density at radius 1 is 1.07 bits per heavy atom. The molecule has 0 saturated heterocycles. The number of aromatic nitrogens is 3. The number of benzene rings is 1. The highest BCUT2D eigenvalue weighted by Crippen LogP contribution is 2.28. The third-order valence-electron chi connectivity index (χ3n) is 3.40. The zero-order chi connectivity index (χ0) is 19.4. The maximum atomic E-state index is 12.7. The molecule has 5 nitrogen and oxygen atoms in total. The van der Waals surface area contributed by atoms with Crippen LogP contribution in [-0.2, 0) is 12.6 Å². The van der Waals surface area contributed by atoms with Crippen molar-refractivity contribution in [3.05, 3.63) is 77.1 Å². The van der Waals surface area contributed by atoms with Gasteiger partial charge in [-0.15, -0.1) is 0 Å². The lowest BCUT2D eigenvalue weighted by atomic mass is 10.1. The lowest BCUT2D eigenvalue weighted by molar-refractivity contribution is -0.141. The Morgan fingerprint density at radius 2 is 1.81 bits per heavy atom. The summed E-state index contributed by atoms with van der Waals surface area (Å²) in [6.07, 6.45) is -0.683. The van der Waals surface area contributed by atoms with E-state index < -0.39 is 17.7 Å². The summed E-state index contributed by atoms with van der Waals surface area (Å²) in [4.78, 5) is 23.6. The molecule has 0 unspecified atom stereocenters. The summed E-state index contributed by atoms with van der Waals surface area (Å²) in [5.41, 5.74) is -0.853. The van der Waals surface area contributed by atoms with Crippen molar-refractivity contribution in [1.82, 2.24) is 15.0 Å². The first-order valence-corrected chi connectivity index (χ1v) is 7.99. The topological polar surface area (TPSA) is 65.0 Å². The van der Waals surface area contributed by atoms with Gasteiger partial charge in [-0.3, -0.25) is 4.79 Å². The molecule has 0 saturated carbocycles. The molecule has 0 N–H and O–H groups in total. The van der Waals surface area contributed by atoms with Crippen LogP contribution in [0.1, 0.15) is 21.7 Å². The predicted octanol–water partition coefficient (Wildman–Crippen LogP) is 4.76. The Kier molecular flexibility index (Phi) is 5.36. The Labute approximate surface area is 156 Å². The maximum absolute atomic E-state index is 12.7. The van der Waals surface area contributed by atoms with E-state index in [-0.39, 0.29) is 28.5 Å². The average Bonchev–Trinajstić information content (AvgIpc) is 2.61. The molecule has 9 heteroatoms. The van der Waals surface area contributed by atoms with E-state index >= 15 is 0 Å². The van der Waals surface area contributed by atoms with Crippen molar-refractivity contribution in [3.63, 3.8) is 0 Å². The third kappa shape index (κ3) is 5.01. The van der Waals surface area contributed by atoms with Crippen LogP contribution in [0.2, 0.25) is 5.02 Å². The van der Waals surface area contributed by atoms with Crippen LogP contribution in [0.25, 0.3) is 0 Å². The molecule has 2 heterocycles. The molecule has 27 heavy (non-hydrogen) atoms. The molecule has 138 valence electrons. The minimum atomic E-state index is -4.58. The Hall–Kier alpha value is -3.00. The first kappa shape index (κ1) is 18.8. The van der Waals surface area contributed by atoms with Gasteiger partial charge in [0.1, 0.15) is 17.8 Å². The fraction of sp³-hybridized carbons (Fsp3) is 0.111. The van der Waals surface area contributed by atoms with Gasteiger partial charge in [-0.2, -0.15) is 13.2 Å². The molecule has 0 spiro atoms. The van der Waals surface area contributed by atoms with E-state index in [0.29, 0.717) is 5.75 Å². The Bertz CT molecular complexity index is 966. The highest BCUT2D eigenvalue weighted by Gasteiger charge is 2.32. The van der Waals surface area contributed by atoms with Gasteiger partial charge < -0.3 is 4.74 Å². The third-order valence-corrected chi connectivity index (χ3v) is 3.62. The van der Waals surface area contributed by atoms with Crippen molar-refractivity contribution in [2.24, 2.45) is 0 Å². The van der Waals surface area contributed by atoms with Crippen LogP contribution >= 0.6 is 11.6 Å². The van der Waals surface area contributed by atoms with Crippen molar-refractivity contribution in [1.29, 1.82) is 0 Å². The SMILES string of the molecule is O=C(Cc1cccc(C(F)(F)F)n1)c1cc(Cl)cc(Oc2cncnc2)c1. The van der Waals surface area contributed by atoms with Crippen molar-refractivity contribution >= 4 is 17.4 Å². The average molecular weight is 394 g/mol. The lowest BCUT2D eigenvalue weighted by Gasteiger charge is -2.09. The zero-order valence-electron chi connectivity index (χ0n) is 13.6. The van der Waals surface area contributed by atoms with Crippen LogP contribution < -0.4 is 4.74 Å². The molecule has 3 aromatic rings. The second-order valence-electron chi connectivity index (χ2n) is 5.46. The number of ketones is 1. The van der Waals surface area contributed by atoms with E-state index in [4.69, 9.17) is 16.3 Å². The number of ether oxygens (including phenoxy) is 1. The number of hydrogen-bond acceptors (Lipinski definition) is 5. The van der Waals surface area contributed by atoms with E-state index in [1.807, 2.05) is 0 Å². The molecule has 2 aromatic heterocycles. The number of carbonyl (C=O) groups is 1. The molecule has 0 aliphatic heterocycles. The monoisotopic (exact) mass is 393 g/mol. The standard InChI is InChI=1S/C18H11ClF3N3O2/c19-12-4-11(5-14(6-12)27-15-8-23-10-24-9-15)16(26)7-13-2-1-3-17(25-13)18(20,21)22/h1-6,8-10H,7H2. The molecule has 0 radical (unpaired) electrons. The summed E-state index contributed by atoms with van der Waals surface area (Å²) < 4.78 is 43.8. The number of rotatable bonds is 5. The van der Waals surface area contributed by atoms with Crippen LogP contribution in [0.3, 0.4) is 0 Å². The number of alkyl halides is 3. The molecule has 3 rings (SSSR count). The molecule has 0 bridgehead atoms. The number of hydrogen-bond donors (Lipinski definition) is 0. The van der Waals surface area contributed by atoms with Crippen molar-refractivity contribution < 1.29 is 22.7 Å². The largest absolute Gasteiger partial charge is 0.454 e. The van der Waals surface area contributed by atoms with E-state index in [0.717, 1.165) is 6.07 Å². The number of Topliss-reactive ketones (excluding diaryl/α,β-unsaturated/α-hetero) is 1. The first-order chi connectivity index (χ1) is 12.8. The fourth-order valence-electron chi connectivity index (χ4n) is 2.26. The van der Waals surface area contributed by atoms with Gasteiger partial charge in [0.25, 0.3) is 0 Å². The normalized spacial score (nSPS) is 11.3. The van der Waals surface area contributed by atoms with Crippen molar-refractivity contribution in [3.8, 4) is 11.5 Å². The minimum absolute atomic E-state index is 0.00808. The predicted molar refractivity (Wildman–Crippen MR) is 90.8 cm³/mol. The first-order valence-electron chi connectivity index (χ1n) is 7.61. The van der Waals surface area contributed by atoms with E-state index in [1.165, 1.54) is 49.1 Å². The fourth-order valence-corrected chi connectivity index (χ4v) is 2.48. The van der Waals surface area contributed by atoms with Gasteiger partial charge in [0.05, 0.1) is 18.8 Å². The van der Waals surface area contributed by atoms with Gasteiger partial charge in [0.15, 0.2) is 11.5 Å². The molecule has 1 aromatic carbocycles. The molecule has 0 atom stereocenters. The minimum Gasteiger partial charge on any atom is -0.454 e. The summed E-state index contributed by atoms with van der Waals surface area (Å²) in [6.45, 7) is 0. The number of halogens is 4. The van der Waals surface area contributed by atoms with Crippen LogP contribution in [0, 0.1) is 0 Å². The Balaban J connectivity index is 1.81. The quantitative estimate of drug-likeness (QED) is 0.585. The lowest BCUT2D eigenvalue weighted by Crippen LogP contribution is -2.11. The van der Waals surface area contributed by atoms with Gasteiger partial charge in [0, 0.05) is 16.3 Å². The highest BCUT2D eigenvalue weighted by atomic mass is 35.5. The summed E-state index contributed by atoms with van der Waals surface area (Å²) in [5.74, 6) is 0.175. The Morgan fingerprint density at radius 3 is 2.52 bits per heavy atom. The summed E-state index contributed by atoms with van der Waals surface area (Å²) >= 11 is 6.02. The molecular formula is C18H11ClF3N3O2. The number of nitrogens with zero attached hydrogens (tertiary/aromatic N) is 3. The van der Waals surface area contributed by atoms with Crippen molar-refractivity contribution in [2.45, 2.75) is 12.6 Å². The van der Waals surface area contributed by atoms with E-state index in [2.05, 4.69) is 15.0 Å². The smallest absolute Gasteiger partial charge is 0.433 e. The van der Waals surface area contributed by atoms with Gasteiger partial charge in [0.2, 0.25) is 0 Å². The maximum Gasteiger partial charge on any atom is 0.433 e.